The van der Waals surface area contributed by atoms with E-state index in [0.717, 1.165) is 6.08 Å². The molecule has 0 aliphatic carbocycles. The molecule has 8 nitrogen and oxygen atoms in total. The molecule has 0 aromatic heterocycles. The molecule has 2 N–H and O–H groups in total. The van der Waals surface area contributed by atoms with Crippen molar-refractivity contribution in [3.8, 4) is 5.75 Å². The summed E-state index contributed by atoms with van der Waals surface area (Å²) in [7, 11) is 1.53. The van der Waals surface area contributed by atoms with Gasteiger partial charge in [0, 0.05) is 6.08 Å². The van der Waals surface area contributed by atoms with Gasteiger partial charge in [0.1, 0.15) is 18.2 Å². The lowest BCUT2D eigenvalue weighted by molar-refractivity contribution is -0.140. The second-order valence-corrected chi connectivity index (χ2v) is 6.91. The molecule has 33 heavy (non-hydrogen) atoms. The zero-order valence-electron chi connectivity index (χ0n) is 18.1. The Morgan fingerprint density at radius 1 is 1.12 bits per heavy atom. The number of nitrogens with one attached hydrogen (secondary N) is 2. The Kier molecular flexibility index (Phi) is 7.80. The first-order chi connectivity index (χ1) is 15.9. The van der Waals surface area contributed by atoms with E-state index in [0.29, 0.717) is 16.9 Å². The van der Waals surface area contributed by atoms with E-state index < -0.39 is 29.8 Å². The third-order valence-corrected chi connectivity index (χ3v) is 4.72. The van der Waals surface area contributed by atoms with Crippen LogP contribution in [0.5, 0.6) is 5.75 Å². The Hall–Kier alpha value is -4.14. The number of methoxy groups -OCH3 is 1. The Balaban J connectivity index is 1.83. The highest BCUT2D eigenvalue weighted by Crippen LogP contribution is 2.29. The number of amides is 2. The maximum absolute atomic E-state index is 13.3. The van der Waals surface area contributed by atoms with Crippen LogP contribution in [0.3, 0.4) is 0 Å². The molecular weight excluding hydrogens is 431 g/mol. The number of benzene rings is 2. The van der Waals surface area contributed by atoms with E-state index in [-0.39, 0.29) is 24.5 Å². The third-order valence-electron chi connectivity index (χ3n) is 4.72. The van der Waals surface area contributed by atoms with Crippen LogP contribution >= 0.6 is 0 Å². The van der Waals surface area contributed by atoms with E-state index in [1.54, 1.807) is 37.3 Å². The van der Waals surface area contributed by atoms with Crippen LogP contribution in [-0.4, -0.2) is 38.3 Å². The molecule has 172 valence electrons. The first-order valence-electron chi connectivity index (χ1n) is 10.1. The number of carbonyl (C=O) groups is 3. The largest absolute Gasteiger partial charge is 0.497 e. The molecule has 0 radical (unpaired) electrons. The number of rotatable bonds is 8. The second-order valence-electron chi connectivity index (χ2n) is 6.91. The molecule has 2 aromatic carbocycles. The van der Waals surface area contributed by atoms with Crippen LogP contribution in [0, 0.1) is 5.82 Å². The van der Waals surface area contributed by atoms with E-state index >= 15 is 0 Å². The van der Waals surface area contributed by atoms with Crippen LogP contribution in [0.25, 0.3) is 6.08 Å². The van der Waals surface area contributed by atoms with E-state index in [4.69, 9.17) is 14.2 Å². The van der Waals surface area contributed by atoms with Gasteiger partial charge in [-0.2, -0.15) is 0 Å². The summed E-state index contributed by atoms with van der Waals surface area (Å²) in [4.78, 5) is 37.2. The Morgan fingerprint density at radius 3 is 2.55 bits per heavy atom. The van der Waals surface area contributed by atoms with Gasteiger partial charge in [0.05, 0.1) is 31.0 Å². The highest BCUT2D eigenvalue weighted by atomic mass is 19.1. The van der Waals surface area contributed by atoms with Crippen molar-refractivity contribution in [2.75, 3.05) is 20.3 Å². The normalized spacial score (nSPS) is 15.6. The number of carbonyl (C=O) groups excluding carboxylic acids is 3. The van der Waals surface area contributed by atoms with Crippen LogP contribution in [-0.2, 0) is 19.1 Å². The van der Waals surface area contributed by atoms with Crippen LogP contribution in [0.2, 0.25) is 0 Å². The summed E-state index contributed by atoms with van der Waals surface area (Å²) in [5.41, 5.74) is 1.31. The molecule has 0 spiro atoms. The summed E-state index contributed by atoms with van der Waals surface area (Å²) < 4.78 is 28.8. The number of ether oxygens (including phenoxy) is 3. The minimum atomic E-state index is -0.819. The summed E-state index contributed by atoms with van der Waals surface area (Å²) in [6.45, 7) is 1.40. The number of hydrogen-bond donors (Lipinski definition) is 2. The minimum Gasteiger partial charge on any atom is -0.497 e. The average Bonchev–Trinajstić information content (AvgIpc) is 2.81. The van der Waals surface area contributed by atoms with Gasteiger partial charge in [-0.05, 0) is 48.4 Å². The quantitative estimate of drug-likeness (QED) is 0.469. The van der Waals surface area contributed by atoms with Crippen LogP contribution in [0.1, 0.15) is 24.1 Å². The van der Waals surface area contributed by atoms with Gasteiger partial charge in [-0.3, -0.25) is 0 Å². The van der Waals surface area contributed by atoms with Gasteiger partial charge in [-0.15, -0.1) is 0 Å². The average molecular weight is 454 g/mol. The summed E-state index contributed by atoms with van der Waals surface area (Å²) in [5.74, 6) is -1.22. The van der Waals surface area contributed by atoms with Crippen molar-refractivity contribution in [3.63, 3.8) is 0 Å². The Labute approximate surface area is 190 Å². The number of esters is 2. The molecular formula is C24H23FN2O6. The molecule has 2 amide bonds. The van der Waals surface area contributed by atoms with E-state index in [1.165, 1.54) is 31.4 Å². The Morgan fingerprint density at radius 2 is 1.88 bits per heavy atom. The van der Waals surface area contributed by atoms with Crippen molar-refractivity contribution >= 4 is 24.0 Å². The van der Waals surface area contributed by atoms with E-state index in [1.807, 2.05) is 0 Å². The topological polar surface area (TPSA) is 103 Å². The Bertz CT molecular complexity index is 1090. The van der Waals surface area contributed by atoms with Gasteiger partial charge < -0.3 is 24.8 Å². The monoisotopic (exact) mass is 454 g/mol. The highest BCUT2D eigenvalue weighted by molar-refractivity contribution is 5.95. The maximum atomic E-state index is 13.3. The van der Waals surface area contributed by atoms with E-state index in [2.05, 4.69) is 10.6 Å². The lowest BCUT2D eigenvalue weighted by Gasteiger charge is -2.29. The van der Waals surface area contributed by atoms with Crippen molar-refractivity contribution in [1.82, 2.24) is 10.6 Å². The fourth-order valence-electron chi connectivity index (χ4n) is 3.19. The predicted octanol–water partition coefficient (Wildman–Crippen LogP) is 3.26. The minimum absolute atomic E-state index is 0.102. The predicted molar refractivity (Wildman–Crippen MR) is 117 cm³/mol. The lowest BCUT2D eigenvalue weighted by atomic mass is 9.95. The number of halogens is 1. The molecule has 1 atom stereocenters. The molecule has 1 unspecified atom stereocenters. The van der Waals surface area contributed by atoms with Gasteiger partial charge >= 0.3 is 18.0 Å². The molecule has 1 heterocycles. The summed E-state index contributed by atoms with van der Waals surface area (Å²) in [6, 6.07) is 11.1. The summed E-state index contributed by atoms with van der Waals surface area (Å²) in [5, 5.41) is 5.21. The molecule has 0 fully saturated rings. The fourth-order valence-corrected chi connectivity index (χ4v) is 3.19. The third kappa shape index (κ3) is 6.19. The van der Waals surface area contributed by atoms with Crippen LogP contribution in [0.4, 0.5) is 9.18 Å². The van der Waals surface area contributed by atoms with Crippen LogP contribution < -0.4 is 15.4 Å². The fraction of sp³-hybridized carbons (Fsp3) is 0.208. The van der Waals surface area contributed by atoms with E-state index in [9.17, 15) is 18.8 Å². The smallest absolute Gasteiger partial charge is 0.338 e. The molecule has 9 heteroatoms. The van der Waals surface area contributed by atoms with Gasteiger partial charge in [-0.1, -0.05) is 24.3 Å². The van der Waals surface area contributed by atoms with Gasteiger partial charge in [-0.25, -0.2) is 18.8 Å². The lowest BCUT2D eigenvalue weighted by Crippen LogP contribution is -2.47. The maximum Gasteiger partial charge on any atom is 0.338 e. The van der Waals surface area contributed by atoms with Gasteiger partial charge in [0.2, 0.25) is 0 Å². The second kappa shape index (κ2) is 10.9. The van der Waals surface area contributed by atoms with Gasteiger partial charge in [0.25, 0.3) is 0 Å². The molecule has 3 rings (SSSR count). The summed E-state index contributed by atoms with van der Waals surface area (Å²) >= 11 is 0. The van der Waals surface area contributed by atoms with Crippen LogP contribution in [0.15, 0.2) is 65.9 Å². The zero-order chi connectivity index (χ0) is 23.8. The molecule has 0 saturated carbocycles. The SMILES string of the molecule is CCOC(=O)C1=C(COC(=O)/C=C/c2cccc(F)c2)NC(=O)NC1c1ccc(OC)cc1. The molecule has 1 aliphatic heterocycles. The van der Waals surface area contributed by atoms with Crippen molar-refractivity contribution in [3.05, 3.63) is 82.8 Å². The molecule has 1 aliphatic rings. The van der Waals surface area contributed by atoms with Crippen molar-refractivity contribution in [2.24, 2.45) is 0 Å². The number of urea groups is 1. The first kappa shape index (κ1) is 23.5. The van der Waals surface area contributed by atoms with Crippen molar-refractivity contribution in [1.29, 1.82) is 0 Å². The zero-order valence-corrected chi connectivity index (χ0v) is 18.1. The molecule has 0 bridgehead atoms. The van der Waals surface area contributed by atoms with Crippen molar-refractivity contribution in [2.45, 2.75) is 13.0 Å². The molecule has 2 aromatic rings. The summed E-state index contributed by atoms with van der Waals surface area (Å²) in [6.07, 6.45) is 2.52. The molecule has 0 saturated heterocycles. The highest BCUT2D eigenvalue weighted by Gasteiger charge is 2.34. The standard InChI is InChI=1S/C24H23FN2O6/c1-3-32-23(29)21-19(14-33-20(28)12-7-15-5-4-6-17(25)13-15)26-24(30)27-22(21)16-8-10-18(31-2)11-9-16/h4-13,22H,3,14H2,1-2H3,(H2,26,27,30)/b12-7+. The van der Waals surface area contributed by atoms with Gasteiger partial charge in [0.15, 0.2) is 0 Å². The first-order valence-corrected chi connectivity index (χ1v) is 10.1. The number of hydrogen-bond acceptors (Lipinski definition) is 6. The van der Waals surface area contributed by atoms with Crippen molar-refractivity contribution < 1.29 is 33.0 Å².